The number of benzene rings is 3. The third kappa shape index (κ3) is 3.76. The number of aromatic nitrogens is 1. The lowest BCUT2D eigenvalue weighted by Crippen LogP contribution is -2.32. The normalized spacial score (nSPS) is 18.3. The van der Waals surface area contributed by atoms with Crippen molar-refractivity contribution < 1.29 is 14.4 Å². The fourth-order valence-electron chi connectivity index (χ4n) is 4.72. The number of hydrogen-bond donors (Lipinski definition) is 1. The van der Waals surface area contributed by atoms with E-state index in [0.29, 0.717) is 18.5 Å². The molecule has 0 saturated carbocycles. The van der Waals surface area contributed by atoms with Crippen LogP contribution in [-0.4, -0.2) is 33.9 Å². The van der Waals surface area contributed by atoms with E-state index in [1.54, 1.807) is 29.2 Å². The lowest BCUT2D eigenvalue weighted by atomic mass is 9.86. The molecule has 4 aromatic rings. The lowest BCUT2D eigenvalue weighted by Gasteiger charge is -2.27. The predicted octanol–water partition coefficient (Wildman–Crippen LogP) is 4.67. The minimum atomic E-state index is -1.05. The molecule has 0 spiro atoms. The first-order valence-corrected chi connectivity index (χ1v) is 11.1. The molecule has 164 valence electrons. The number of nitrogens with zero attached hydrogens (tertiary/aromatic N) is 1. The van der Waals surface area contributed by atoms with E-state index in [0.717, 1.165) is 27.6 Å². The fourth-order valence-corrected chi connectivity index (χ4v) is 4.72. The molecule has 1 aliphatic rings. The van der Waals surface area contributed by atoms with Gasteiger partial charge in [-0.15, -0.1) is 0 Å². The Bertz CT molecular complexity index is 1340. The van der Waals surface area contributed by atoms with Crippen molar-refractivity contribution in [3.8, 4) is 0 Å². The van der Waals surface area contributed by atoms with Gasteiger partial charge in [-0.3, -0.25) is 14.4 Å². The molecule has 1 fully saturated rings. The number of aryl methyl sites for hydroxylation is 1. The number of hydrogen-bond acceptors (Lipinski definition) is 3. The van der Waals surface area contributed by atoms with E-state index < -0.39 is 23.7 Å². The molecule has 5 heteroatoms. The van der Waals surface area contributed by atoms with E-state index in [4.69, 9.17) is 0 Å². The smallest absolute Gasteiger partial charge is 0.291 e. The standard InChI is InChI=1S/C28H24N2O3/c1-18-11-13-19(14-12-18)25-24(26(31)20-7-3-2-4-8-20)27(32)28(33)30(25)16-15-21-17-29-23-10-6-5-9-22(21)23/h2-14,17,24-25,29H,15-16H2,1H3. The summed E-state index contributed by atoms with van der Waals surface area (Å²) in [6.45, 7) is 2.33. The molecule has 2 unspecified atom stereocenters. The summed E-state index contributed by atoms with van der Waals surface area (Å²) in [5.41, 5.74) is 4.42. The van der Waals surface area contributed by atoms with Crippen molar-refractivity contribution in [3.63, 3.8) is 0 Å². The van der Waals surface area contributed by atoms with Crippen LogP contribution in [0.2, 0.25) is 0 Å². The number of para-hydroxylation sites is 1. The van der Waals surface area contributed by atoms with E-state index >= 15 is 0 Å². The summed E-state index contributed by atoms with van der Waals surface area (Å²) >= 11 is 0. The molecule has 5 nitrogen and oxygen atoms in total. The Balaban J connectivity index is 1.51. The molecule has 0 aliphatic carbocycles. The molecule has 1 aliphatic heterocycles. The highest BCUT2D eigenvalue weighted by molar-refractivity contribution is 6.44. The third-order valence-electron chi connectivity index (χ3n) is 6.46. The van der Waals surface area contributed by atoms with Crippen molar-refractivity contribution in [2.24, 2.45) is 5.92 Å². The maximum atomic E-state index is 13.4. The number of amides is 1. The van der Waals surface area contributed by atoms with Crippen LogP contribution in [0, 0.1) is 12.8 Å². The predicted molar refractivity (Wildman–Crippen MR) is 127 cm³/mol. The summed E-state index contributed by atoms with van der Waals surface area (Å²) in [6, 6.07) is 23.8. The van der Waals surface area contributed by atoms with Crippen LogP contribution in [0.5, 0.6) is 0 Å². The van der Waals surface area contributed by atoms with Gasteiger partial charge in [0.05, 0.1) is 6.04 Å². The van der Waals surface area contributed by atoms with Crippen molar-refractivity contribution in [2.45, 2.75) is 19.4 Å². The minimum Gasteiger partial charge on any atom is -0.361 e. The maximum Gasteiger partial charge on any atom is 0.291 e. The van der Waals surface area contributed by atoms with Gasteiger partial charge in [0, 0.05) is 29.2 Å². The van der Waals surface area contributed by atoms with E-state index in [1.807, 2.05) is 67.7 Å². The second-order valence-corrected chi connectivity index (χ2v) is 8.54. The molecule has 2 heterocycles. The largest absolute Gasteiger partial charge is 0.361 e. The topological polar surface area (TPSA) is 70.2 Å². The number of likely N-dealkylation sites (tertiary alicyclic amines) is 1. The molecular weight excluding hydrogens is 412 g/mol. The third-order valence-corrected chi connectivity index (χ3v) is 6.46. The molecule has 5 rings (SSSR count). The number of carbonyl (C=O) groups excluding carboxylic acids is 3. The Morgan fingerprint density at radius 1 is 0.909 bits per heavy atom. The number of ketones is 2. The lowest BCUT2D eigenvalue weighted by molar-refractivity contribution is -0.140. The summed E-state index contributed by atoms with van der Waals surface area (Å²) < 4.78 is 0. The van der Waals surface area contributed by atoms with Gasteiger partial charge in [-0.1, -0.05) is 78.4 Å². The number of carbonyl (C=O) groups is 3. The van der Waals surface area contributed by atoms with Gasteiger partial charge in [0.15, 0.2) is 5.78 Å². The highest BCUT2D eigenvalue weighted by atomic mass is 16.2. The van der Waals surface area contributed by atoms with E-state index in [1.165, 1.54) is 0 Å². The molecular formula is C28H24N2O3. The highest BCUT2D eigenvalue weighted by Crippen LogP contribution is 2.38. The first-order valence-electron chi connectivity index (χ1n) is 11.1. The summed E-state index contributed by atoms with van der Waals surface area (Å²) in [4.78, 5) is 44.5. The Morgan fingerprint density at radius 2 is 1.61 bits per heavy atom. The van der Waals surface area contributed by atoms with Gasteiger partial charge in [0.2, 0.25) is 5.78 Å². The Kier molecular flexibility index (Phi) is 5.38. The van der Waals surface area contributed by atoms with Crippen molar-refractivity contribution in [1.82, 2.24) is 9.88 Å². The minimum absolute atomic E-state index is 0.311. The summed E-state index contributed by atoms with van der Waals surface area (Å²) in [5, 5.41) is 1.10. The zero-order valence-electron chi connectivity index (χ0n) is 18.3. The Hall–Kier alpha value is -3.99. The first-order chi connectivity index (χ1) is 16.0. The quantitative estimate of drug-likeness (QED) is 0.271. The van der Waals surface area contributed by atoms with Crippen LogP contribution in [0.25, 0.3) is 10.9 Å². The number of Topliss-reactive ketones (excluding diaryl/α,β-unsaturated/α-hetero) is 2. The van der Waals surface area contributed by atoms with Crippen molar-refractivity contribution in [1.29, 1.82) is 0 Å². The number of H-pyrrole nitrogens is 1. The Morgan fingerprint density at radius 3 is 2.36 bits per heavy atom. The van der Waals surface area contributed by atoms with Gasteiger partial charge < -0.3 is 9.88 Å². The van der Waals surface area contributed by atoms with Gasteiger partial charge in [0.25, 0.3) is 5.91 Å². The van der Waals surface area contributed by atoms with Crippen molar-refractivity contribution in [2.75, 3.05) is 6.54 Å². The van der Waals surface area contributed by atoms with Crippen molar-refractivity contribution in [3.05, 3.63) is 107 Å². The Labute approximate surface area is 192 Å². The first kappa shape index (κ1) is 20.9. The second kappa shape index (κ2) is 8.51. The second-order valence-electron chi connectivity index (χ2n) is 8.54. The molecule has 1 saturated heterocycles. The van der Waals surface area contributed by atoms with Crippen molar-refractivity contribution >= 4 is 28.4 Å². The van der Waals surface area contributed by atoms with Crippen LogP contribution >= 0.6 is 0 Å². The van der Waals surface area contributed by atoms with Gasteiger partial charge in [-0.25, -0.2) is 0 Å². The van der Waals surface area contributed by atoms with Gasteiger partial charge in [-0.05, 0) is 30.5 Å². The van der Waals surface area contributed by atoms with Crippen LogP contribution in [0.4, 0.5) is 0 Å². The fraction of sp³-hybridized carbons (Fsp3) is 0.179. The van der Waals surface area contributed by atoms with Gasteiger partial charge in [0.1, 0.15) is 5.92 Å². The summed E-state index contributed by atoms with van der Waals surface area (Å²) in [7, 11) is 0. The van der Waals surface area contributed by atoms with Crippen LogP contribution < -0.4 is 0 Å². The number of aromatic amines is 1. The van der Waals surface area contributed by atoms with Crippen LogP contribution in [0.1, 0.15) is 33.1 Å². The van der Waals surface area contributed by atoms with Crippen LogP contribution in [0.15, 0.2) is 85.1 Å². The van der Waals surface area contributed by atoms with Crippen LogP contribution in [-0.2, 0) is 16.0 Å². The highest BCUT2D eigenvalue weighted by Gasteiger charge is 2.51. The molecule has 33 heavy (non-hydrogen) atoms. The molecule has 3 aromatic carbocycles. The SMILES string of the molecule is Cc1ccc(C2C(C(=O)c3ccccc3)C(=O)C(=O)N2CCc2c[nH]c3ccccc23)cc1. The molecule has 1 amide bonds. The molecule has 2 atom stereocenters. The monoisotopic (exact) mass is 436 g/mol. The number of fused-ring (bicyclic) bond motifs is 1. The zero-order valence-corrected chi connectivity index (χ0v) is 18.3. The van der Waals surface area contributed by atoms with E-state index in [9.17, 15) is 14.4 Å². The van der Waals surface area contributed by atoms with Gasteiger partial charge >= 0.3 is 0 Å². The van der Waals surface area contributed by atoms with E-state index in [2.05, 4.69) is 4.98 Å². The van der Waals surface area contributed by atoms with E-state index in [-0.39, 0.29) is 5.78 Å². The summed E-state index contributed by atoms with van der Waals surface area (Å²) in [5.74, 6) is -2.58. The van der Waals surface area contributed by atoms with Gasteiger partial charge in [-0.2, -0.15) is 0 Å². The molecule has 1 aromatic heterocycles. The zero-order chi connectivity index (χ0) is 22.9. The molecule has 0 bridgehead atoms. The average Bonchev–Trinajstić information content (AvgIpc) is 3.37. The average molecular weight is 437 g/mol. The molecule has 0 radical (unpaired) electrons. The number of nitrogens with one attached hydrogen (secondary N) is 1. The molecule has 1 N–H and O–H groups in total. The number of rotatable bonds is 6. The summed E-state index contributed by atoms with van der Waals surface area (Å²) in [6.07, 6.45) is 2.53. The van der Waals surface area contributed by atoms with Crippen LogP contribution in [0.3, 0.4) is 0 Å². The maximum absolute atomic E-state index is 13.4.